The molecule has 0 aliphatic carbocycles. The average Bonchev–Trinajstić information content (AvgIpc) is 2.92. The molecule has 0 saturated heterocycles. The van der Waals surface area contributed by atoms with Gasteiger partial charge in [0.2, 0.25) is 0 Å². The SMILES string of the molecule is Cc1ccc(C)c(-c2csc3nc(CCN)cn23)c1. The van der Waals surface area contributed by atoms with Crippen LogP contribution in [-0.4, -0.2) is 15.9 Å². The number of fused-ring (bicyclic) bond motifs is 1. The summed E-state index contributed by atoms with van der Waals surface area (Å²) in [6, 6.07) is 6.56. The van der Waals surface area contributed by atoms with E-state index in [4.69, 9.17) is 5.73 Å². The van der Waals surface area contributed by atoms with Gasteiger partial charge in [0.25, 0.3) is 0 Å². The Hall–Kier alpha value is -1.65. The first-order chi connectivity index (χ1) is 9.19. The van der Waals surface area contributed by atoms with E-state index in [1.807, 2.05) is 0 Å². The van der Waals surface area contributed by atoms with Crippen molar-refractivity contribution in [2.75, 3.05) is 6.54 Å². The van der Waals surface area contributed by atoms with Crippen molar-refractivity contribution in [3.63, 3.8) is 0 Å². The quantitative estimate of drug-likeness (QED) is 0.795. The second-order valence-corrected chi connectivity index (χ2v) is 5.70. The van der Waals surface area contributed by atoms with Crippen LogP contribution >= 0.6 is 11.3 Å². The van der Waals surface area contributed by atoms with Gasteiger partial charge in [-0.05, 0) is 32.0 Å². The summed E-state index contributed by atoms with van der Waals surface area (Å²) in [4.78, 5) is 5.64. The van der Waals surface area contributed by atoms with Crippen LogP contribution in [0.2, 0.25) is 0 Å². The summed E-state index contributed by atoms with van der Waals surface area (Å²) in [5, 5.41) is 2.18. The molecule has 0 amide bonds. The summed E-state index contributed by atoms with van der Waals surface area (Å²) in [6.07, 6.45) is 2.94. The summed E-state index contributed by atoms with van der Waals surface area (Å²) >= 11 is 1.68. The number of rotatable bonds is 3. The molecule has 0 aliphatic rings. The van der Waals surface area contributed by atoms with Gasteiger partial charge in [-0.25, -0.2) is 4.98 Å². The summed E-state index contributed by atoms with van der Waals surface area (Å²) in [7, 11) is 0. The molecule has 0 fully saturated rings. The van der Waals surface area contributed by atoms with Gasteiger partial charge >= 0.3 is 0 Å². The Bertz CT molecular complexity index is 724. The van der Waals surface area contributed by atoms with Crippen molar-refractivity contribution >= 4 is 16.3 Å². The normalized spacial score (nSPS) is 11.3. The molecular formula is C15H17N3S. The topological polar surface area (TPSA) is 43.3 Å². The van der Waals surface area contributed by atoms with Gasteiger partial charge in [-0.2, -0.15) is 0 Å². The Morgan fingerprint density at radius 3 is 2.95 bits per heavy atom. The van der Waals surface area contributed by atoms with Gasteiger partial charge in [0.05, 0.1) is 11.4 Å². The minimum Gasteiger partial charge on any atom is -0.330 e. The maximum absolute atomic E-state index is 5.60. The second-order valence-electron chi connectivity index (χ2n) is 4.86. The van der Waals surface area contributed by atoms with E-state index in [9.17, 15) is 0 Å². The van der Waals surface area contributed by atoms with Crippen LogP contribution in [0.1, 0.15) is 16.8 Å². The lowest BCUT2D eigenvalue weighted by Crippen LogP contribution is -2.02. The molecule has 0 aliphatic heterocycles. The third kappa shape index (κ3) is 2.17. The second kappa shape index (κ2) is 4.79. The average molecular weight is 271 g/mol. The third-order valence-corrected chi connectivity index (χ3v) is 4.17. The highest BCUT2D eigenvalue weighted by Crippen LogP contribution is 2.29. The molecule has 0 saturated carbocycles. The molecule has 3 rings (SSSR count). The number of aromatic nitrogens is 2. The molecule has 3 nitrogen and oxygen atoms in total. The monoisotopic (exact) mass is 271 g/mol. The maximum atomic E-state index is 5.60. The molecular weight excluding hydrogens is 254 g/mol. The van der Waals surface area contributed by atoms with Crippen molar-refractivity contribution in [2.45, 2.75) is 20.3 Å². The molecule has 1 aromatic carbocycles. The lowest BCUT2D eigenvalue weighted by atomic mass is 10.0. The lowest BCUT2D eigenvalue weighted by Gasteiger charge is -2.06. The highest BCUT2D eigenvalue weighted by atomic mass is 32.1. The van der Waals surface area contributed by atoms with Crippen LogP contribution in [0.15, 0.2) is 29.8 Å². The predicted molar refractivity (Wildman–Crippen MR) is 80.7 cm³/mol. The van der Waals surface area contributed by atoms with E-state index in [1.54, 1.807) is 11.3 Å². The van der Waals surface area contributed by atoms with Gasteiger partial charge in [0, 0.05) is 23.6 Å². The molecule has 2 N–H and O–H groups in total. The van der Waals surface area contributed by atoms with Crippen molar-refractivity contribution in [1.29, 1.82) is 0 Å². The first kappa shape index (κ1) is 12.4. The molecule has 2 heterocycles. The van der Waals surface area contributed by atoms with Crippen molar-refractivity contribution in [3.8, 4) is 11.3 Å². The first-order valence-corrected chi connectivity index (χ1v) is 7.30. The number of nitrogens with two attached hydrogens (primary N) is 1. The van der Waals surface area contributed by atoms with Crippen LogP contribution in [0.5, 0.6) is 0 Å². The van der Waals surface area contributed by atoms with Crippen molar-refractivity contribution in [1.82, 2.24) is 9.38 Å². The van der Waals surface area contributed by atoms with E-state index in [2.05, 4.69) is 53.0 Å². The van der Waals surface area contributed by atoms with Gasteiger partial charge in [-0.1, -0.05) is 17.7 Å². The third-order valence-electron chi connectivity index (χ3n) is 3.33. The highest BCUT2D eigenvalue weighted by Gasteiger charge is 2.11. The molecule has 4 heteroatoms. The number of nitrogens with zero attached hydrogens (tertiary/aromatic N) is 2. The minimum absolute atomic E-state index is 0.643. The zero-order chi connectivity index (χ0) is 13.4. The fourth-order valence-electron chi connectivity index (χ4n) is 2.30. The van der Waals surface area contributed by atoms with Crippen LogP contribution in [0.25, 0.3) is 16.2 Å². The van der Waals surface area contributed by atoms with Crippen LogP contribution in [0.4, 0.5) is 0 Å². The largest absolute Gasteiger partial charge is 0.330 e. The van der Waals surface area contributed by atoms with Crippen LogP contribution in [-0.2, 0) is 6.42 Å². The van der Waals surface area contributed by atoms with Gasteiger partial charge in [0.15, 0.2) is 4.96 Å². The Kier molecular flexibility index (Phi) is 3.12. The summed E-state index contributed by atoms with van der Waals surface area (Å²) in [5.41, 5.74) is 11.7. The van der Waals surface area contributed by atoms with Crippen LogP contribution in [0, 0.1) is 13.8 Å². The number of hydrogen-bond donors (Lipinski definition) is 1. The van der Waals surface area contributed by atoms with E-state index < -0.39 is 0 Å². The fraction of sp³-hybridized carbons (Fsp3) is 0.267. The molecule has 0 unspecified atom stereocenters. The van der Waals surface area contributed by atoms with Gasteiger partial charge in [-0.3, -0.25) is 4.40 Å². The zero-order valence-corrected chi connectivity index (χ0v) is 12.0. The molecule has 0 atom stereocenters. The number of aryl methyl sites for hydroxylation is 2. The molecule has 3 aromatic rings. The number of imidazole rings is 1. The predicted octanol–water partition coefficient (Wildman–Crippen LogP) is 3.18. The fourth-order valence-corrected chi connectivity index (χ4v) is 3.20. The Morgan fingerprint density at radius 2 is 2.16 bits per heavy atom. The Balaban J connectivity index is 2.16. The summed E-state index contributed by atoms with van der Waals surface area (Å²) < 4.78 is 2.18. The Morgan fingerprint density at radius 1 is 1.32 bits per heavy atom. The van der Waals surface area contributed by atoms with E-state index in [-0.39, 0.29) is 0 Å². The summed E-state index contributed by atoms with van der Waals surface area (Å²) in [5.74, 6) is 0. The van der Waals surface area contributed by atoms with E-state index >= 15 is 0 Å². The van der Waals surface area contributed by atoms with Crippen molar-refractivity contribution in [2.24, 2.45) is 5.73 Å². The molecule has 0 spiro atoms. The van der Waals surface area contributed by atoms with Crippen molar-refractivity contribution in [3.05, 3.63) is 46.6 Å². The summed E-state index contributed by atoms with van der Waals surface area (Å²) in [6.45, 7) is 4.92. The zero-order valence-electron chi connectivity index (χ0n) is 11.2. The molecule has 0 bridgehead atoms. The van der Waals surface area contributed by atoms with Gasteiger partial charge < -0.3 is 5.73 Å². The van der Waals surface area contributed by atoms with Crippen molar-refractivity contribution < 1.29 is 0 Å². The molecule has 2 aromatic heterocycles. The van der Waals surface area contributed by atoms with Gasteiger partial charge in [-0.15, -0.1) is 11.3 Å². The molecule has 0 radical (unpaired) electrons. The minimum atomic E-state index is 0.643. The molecule has 19 heavy (non-hydrogen) atoms. The first-order valence-electron chi connectivity index (χ1n) is 6.42. The molecule has 98 valence electrons. The Labute approximate surface area is 116 Å². The standard InChI is InChI=1S/C15H17N3S/c1-10-3-4-11(2)13(7-10)14-9-19-15-17-12(5-6-16)8-18(14)15/h3-4,7-9H,5-6,16H2,1-2H3. The lowest BCUT2D eigenvalue weighted by molar-refractivity contribution is 0.937. The van der Waals surface area contributed by atoms with Crippen LogP contribution < -0.4 is 5.73 Å². The van der Waals surface area contributed by atoms with Crippen LogP contribution in [0.3, 0.4) is 0 Å². The number of benzene rings is 1. The van der Waals surface area contributed by atoms with E-state index in [0.717, 1.165) is 17.1 Å². The highest BCUT2D eigenvalue weighted by molar-refractivity contribution is 7.15. The number of thiazole rings is 1. The van der Waals surface area contributed by atoms with Gasteiger partial charge in [0.1, 0.15) is 0 Å². The maximum Gasteiger partial charge on any atom is 0.194 e. The smallest absolute Gasteiger partial charge is 0.194 e. The van der Waals surface area contributed by atoms with E-state index in [1.165, 1.54) is 22.4 Å². The van der Waals surface area contributed by atoms with E-state index in [0.29, 0.717) is 6.54 Å². The number of hydrogen-bond acceptors (Lipinski definition) is 3.